The third-order valence-corrected chi connectivity index (χ3v) is 3.96. The minimum absolute atomic E-state index is 0.0798. The first kappa shape index (κ1) is 25.0. The van der Waals surface area contributed by atoms with Gasteiger partial charge in [0.1, 0.15) is 17.9 Å². The molecule has 0 radical (unpaired) electrons. The number of nitrogens with zero attached hydrogens (tertiary/aromatic N) is 1. The Morgan fingerprint density at radius 2 is 1.47 bits per heavy atom. The lowest BCUT2D eigenvalue weighted by Gasteiger charge is -2.09. The summed E-state index contributed by atoms with van der Waals surface area (Å²) in [5.41, 5.74) is 0.604. The number of carbonyl (C=O) groups excluding carboxylic acids is 3. The number of aromatic nitrogens is 1. The largest absolute Gasteiger partial charge is 0.462 e. The maximum atomic E-state index is 12.1. The summed E-state index contributed by atoms with van der Waals surface area (Å²) in [6.45, 7) is 3.29. The first-order chi connectivity index (χ1) is 15.6. The first-order valence-electron chi connectivity index (χ1n) is 10.2. The van der Waals surface area contributed by atoms with Crippen LogP contribution in [-0.4, -0.2) is 62.5 Å². The highest BCUT2D eigenvalue weighted by Gasteiger charge is 2.14. The Bertz CT molecular complexity index is 856. The van der Waals surface area contributed by atoms with Gasteiger partial charge in [-0.3, -0.25) is 9.78 Å². The molecule has 0 bridgehead atoms. The van der Waals surface area contributed by atoms with Crippen LogP contribution in [0, 0.1) is 0 Å². The third kappa shape index (κ3) is 9.67. The van der Waals surface area contributed by atoms with Crippen molar-refractivity contribution in [2.45, 2.75) is 19.8 Å². The number of para-hydroxylation sites is 1. The van der Waals surface area contributed by atoms with Crippen LogP contribution in [0.15, 0.2) is 48.8 Å². The lowest BCUT2D eigenvalue weighted by Crippen LogP contribution is -2.14. The second-order valence-electron chi connectivity index (χ2n) is 6.54. The molecule has 0 atom stereocenters. The fraction of sp³-hybridized carbons (Fsp3) is 0.391. The molecule has 0 amide bonds. The van der Waals surface area contributed by atoms with Crippen molar-refractivity contribution < 1.29 is 38.1 Å². The van der Waals surface area contributed by atoms with E-state index in [1.165, 1.54) is 25.3 Å². The summed E-state index contributed by atoms with van der Waals surface area (Å²) in [5, 5.41) is 0. The Morgan fingerprint density at radius 3 is 2.19 bits per heavy atom. The van der Waals surface area contributed by atoms with E-state index in [-0.39, 0.29) is 31.1 Å². The maximum absolute atomic E-state index is 12.1. The zero-order chi connectivity index (χ0) is 23.0. The highest BCUT2D eigenvalue weighted by Crippen LogP contribution is 2.19. The molecule has 0 aliphatic carbocycles. The summed E-state index contributed by atoms with van der Waals surface area (Å²) >= 11 is 0. The Kier molecular flexibility index (Phi) is 11.4. The average molecular weight is 445 g/mol. The molecule has 0 unspecified atom stereocenters. The zero-order valence-electron chi connectivity index (χ0n) is 18.0. The van der Waals surface area contributed by atoms with Crippen molar-refractivity contribution in [1.29, 1.82) is 0 Å². The number of carbonyl (C=O) groups is 3. The van der Waals surface area contributed by atoms with Crippen LogP contribution in [0.25, 0.3) is 0 Å². The second kappa shape index (κ2) is 14.7. The maximum Gasteiger partial charge on any atom is 0.342 e. The van der Waals surface area contributed by atoms with Crippen LogP contribution >= 0.6 is 0 Å². The Hall–Kier alpha value is -3.30. The van der Waals surface area contributed by atoms with E-state index >= 15 is 0 Å². The zero-order valence-corrected chi connectivity index (χ0v) is 18.0. The summed E-state index contributed by atoms with van der Waals surface area (Å²) in [6.07, 6.45) is 4.33. The molecule has 0 N–H and O–H groups in total. The monoisotopic (exact) mass is 445 g/mol. The number of hydrogen-bond acceptors (Lipinski definition) is 9. The van der Waals surface area contributed by atoms with Gasteiger partial charge in [0.2, 0.25) is 0 Å². The standard InChI is InChI=1S/C23H27NO8/c1-18(25)32-21-9-3-2-8-20(21)23(27)31-16-15-29-12-5-11-28-13-6-14-30-22(26)19-7-4-10-24-17-19/h2-4,7-10,17H,5-6,11-16H2,1H3. The molecule has 1 aromatic carbocycles. The van der Waals surface area contributed by atoms with E-state index in [1.54, 1.807) is 30.5 Å². The summed E-state index contributed by atoms with van der Waals surface area (Å²) in [5.74, 6) is -1.34. The van der Waals surface area contributed by atoms with E-state index in [4.69, 9.17) is 23.7 Å². The van der Waals surface area contributed by atoms with Gasteiger partial charge in [-0.1, -0.05) is 12.1 Å². The van der Waals surface area contributed by atoms with Crippen LogP contribution in [0.3, 0.4) is 0 Å². The SMILES string of the molecule is CC(=O)Oc1ccccc1C(=O)OCCOCCCOCCCOC(=O)c1cccnc1. The Morgan fingerprint density at radius 1 is 0.781 bits per heavy atom. The normalized spacial score (nSPS) is 10.4. The number of rotatable bonds is 14. The van der Waals surface area contributed by atoms with E-state index < -0.39 is 17.9 Å². The van der Waals surface area contributed by atoms with Crippen LogP contribution in [0.5, 0.6) is 5.75 Å². The van der Waals surface area contributed by atoms with Crippen molar-refractivity contribution in [1.82, 2.24) is 4.98 Å². The van der Waals surface area contributed by atoms with Gasteiger partial charge in [0.15, 0.2) is 0 Å². The molecule has 1 aromatic heterocycles. The van der Waals surface area contributed by atoms with Crippen LogP contribution in [0.2, 0.25) is 0 Å². The number of esters is 3. The van der Waals surface area contributed by atoms with Gasteiger partial charge in [-0.15, -0.1) is 0 Å². The smallest absolute Gasteiger partial charge is 0.342 e. The number of pyridine rings is 1. The fourth-order valence-electron chi connectivity index (χ4n) is 2.51. The molecular weight excluding hydrogens is 418 g/mol. The van der Waals surface area contributed by atoms with Gasteiger partial charge in [0.25, 0.3) is 0 Å². The van der Waals surface area contributed by atoms with Gasteiger partial charge in [-0.2, -0.15) is 0 Å². The average Bonchev–Trinajstić information content (AvgIpc) is 2.80. The Balaban J connectivity index is 1.45. The molecule has 172 valence electrons. The molecule has 0 spiro atoms. The summed E-state index contributed by atoms with van der Waals surface area (Å²) < 4.78 is 26.1. The van der Waals surface area contributed by atoms with E-state index in [2.05, 4.69) is 4.98 Å². The van der Waals surface area contributed by atoms with Gasteiger partial charge in [0.05, 0.1) is 18.8 Å². The van der Waals surface area contributed by atoms with Gasteiger partial charge in [-0.05, 0) is 30.7 Å². The molecule has 0 fully saturated rings. The summed E-state index contributed by atoms with van der Waals surface area (Å²) in [7, 11) is 0. The van der Waals surface area contributed by atoms with Crippen LogP contribution in [0.4, 0.5) is 0 Å². The molecule has 0 aliphatic heterocycles. The lowest BCUT2D eigenvalue weighted by molar-refractivity contribution is -0.131. The molecule has 2 aromatic rings. The first-order valence-corrected chi connectivity index (χ1v) is 10.2. The van der Waals surface area contributed by atoms with Gasteiger partial charge >= 0.3 is 17.9 Å². The number of ether oxygens (including phenoxy) is 5. The van der Waals surface area contributed by atoms with Gasteiger partial charge in [0, 0.05) is 45.6 Å². The molecule has 9 nitrogen and oxygen atoms in total. The van der Waals surface area contributed by atoms with Crippen molar-refractivity contribution in [3.8, 4) is 5.75 Å². The molecule has 0 saturated heterocycles. The Labute approximate surface area is 186 Å². The van der Waals surface area contributed by atoms with Crippen molar-refractivity contribution in [3.05, 3.63) is 59.9 Å². The quantitative estimate of drug-likeness (QED) is 0.246. The highest BCUT2D eigenvalue weighted by atomic mass is 16.6. The molecule has 32 heavy (non-hydrogen) atoms. The molecule has 9 heteroatoms. The second-order valence-corrected chi connectivity index (χ2v) is 6.54. The van der Waals surface area contributed by atoms with Gasteiger partial charge < -0.3 is 23.7 Å². The predicted molar refractivity (Wildman–Crippen MR) is 113 cm³/mol. The van der Waals surface area contributed by atoms with E-state index in [0.717, 1.165) is 0 Å². The molecule has 2 rings (SSSR count). The lowest BCUT2D eigenvalue weighted by atomic mass is 10.2. The minimum atomic E-state index is -0.585. The molecule has 0 aliphatic rings. The van der Waals surface area contributed by atoms with Gasteiger partial charge in [-0.25, -0.2) is 9.59 Å². The van der Waals surface area contributed by atoms with Crippen molar-refractivity contribution >= 4 is 17.9 Å². The van der Waals surface area contributed by atoms with E-state index in [9.17, 15) is 14.4 Å². The van der Waals surface area contributed by atoms with Crippen molar-refractivity contribution in [3.63, 3.8) is 0 Å². The summed E-state index contributed by atoms with van der Waals surface area (Å²) in [6, 6.07) is 9.70. The van der Waals surface area contributed by atoms with E-state index in [1.807, 2.05) is 0 Å². The third-order valence-electron chi connectivity index (χ3n) is 3.96. The van der Waals surface area contributed by atoms with Crippen molar-refractivity contribution in [2.75, 3.05) is 39.6 Å². The number of benzene rings is 1. The van der Waals surface area contributed by atoms with E-state index in [0.29, 0.717) is 38.2 Å². The minimum Gasteiger partial charge on any atom is -0.462 e. The predicted octanol–water partition coefficient (Wildman–Crippen LogP) is 2.83. The summed E-state index contributed by atoms with van der Waals surface area (Å²) in [4.78, 5) is 38.8. The molecule has 1 heterocycles. The fourth-order valence-corrected chi connectivity index (χ4v) is 2.51. The van der Waals surface area contributed by atoms with Crippen LogP contribution < -0.4 is 4.74 Å². The highest BCUT2D eigenvalue weighted by molar-refractivity contribution is 5.93. The molecule has 0 saturated carbocycles. The van der Waals surface area contributed by atoms with Crippen molar-refractivity contribution in [2.24, 2.45) is 0 Å². The number of hydrogen-bond donors (Lipinski definition) is 0. The van der Waals surface area contributed by atoms with Crippen LogP contribution in [-0.2, 0) is 23.7 Å². The molecular formula is C23H27NO8. The van der Waals surface area contributed by atoms with Crippen LogP contribution in [0.1, 0.15) is 40.5 Å². The topological polar surface area (TPSA) is 110 Å².